The molecule has 2 rings (SSSR count). The number of urea groups is 1. The number of hydrogen-bond donors (Lipinski definition) is 3. The lowest BCUT2D eigenvalue weighted by Crippen LogP contribution is -2.27. The second-order valence-electron chi connectivity index (χ2n) is 4.75. The molecule has 0 spiro atoms. The number of carbonyl (C=O) groups is 1. The Morgan fingerprint density at radius 1 is 1.50 bits per heavy atom. The van der Waals surface area contributed by atoms with Gasteiger partial charge in [-0.05, 0) is 43.1 Å². The predicted octanol–water partition coefficient (Wildman–Crippen LogP) is 2.49. The van der Waals surface area contributed by atoms with Gasteiger partial charge in [-0.3, -0.25) is 0 Å². The van der Waals surface area contributed by atoms with Crippen LogP contribution in [-0.2, 0) is 0 Å². The number of rotatable bonds is 2. The standard InChI is InChI=1S/C13H19N3OS/c1-16(2)13(17)15-9-5-6-12(18)10(8-9)11-4-3-7-14-11/h5-6,8,11,14,18H,3-4,7H2,1-2H3,(H,15,17)/t11-/m1/s1. The lowest BCUT2D eigenvalue weighted by atomic mass is 10.0. The van der Waals surface area contributed by atoms with E-state index in [0.717, 1.165) is 29.1 Å². The minimum Gasteiger partial charge on any atom is -0.331 e. The van der Waals surface area contributed by atoms with Gasteiger partial charge in [0.1, 0.15) is 0 Å². The molecule has 0 aromatic heterocycles. The van der Waals surface area contributed by atoms with E-state index in [1.165, 1.54) is 11.3 Å². The van der Waals surface area contributed by atoms with Gasteiger partial charge >= 0.3 is 6.03 Å². The van der Waals surface area contributed by atoms with Gasteiger partial charge in [0, 0.05) is 30.7 Å². The molecule has 1 aliphatic heterocycles. The molecule has 2 N–H and O–H groups in total. The Morgan fingerprint density at radius 3 is 2.89 bits per heavy atom. The second kappa shape index (κ2) is 5.63. The molecule has 1 aromatic rings. The van der Waals surface area contributed by atoms with E-state index in [2.05, 4.69) is 23.3 Å². The van der Waals surface area contributed by atoms with Crippen molar-refractivity contribution >= 4 is 24.3 Å². The lowest BCUT2D eigenvalue weighted by molar-refractivity contribution is 0.230. The van der Waals surface area contributed by atoms with E-state index in [-0.39, 0.29) is 6.03 Å². The number of anilines is 1. The normalized spacial score (nSPS) is 18.7. The summed E-state index contributed by atoms with van der Waals surface area (Å²) in [6, 6.07) is 6.06. The number of thiol groups is 1. The van der Waals surface area contributed by atoms with E-state index in [9.17, 15) is 4.79 Å². The maximum absolute atomic E-state index is 11.6. The summed E-state index contributed by atoms with van der Waals surface area (Å²) in [6.45, 7) is 1.05. The molecule has 2 amide bonds. The van der Waals surface area contributed by atoms with Crippen LogP contribution >= 0.6 is 12.6 Å². The molecule has 0 saturated carbocycles. The highest BCUT2D eigenvalue weighted by Gasteiger charge is 2.19. The molecule has 1 aliphatic rings. The third-order valence-corrected chi connectivity index (χ3v) is 3.53. The minimum atomic E-state index is -0.118. The van der Waals surface area contributed by atoms with Crippen LogP contribution in [0.1, 0.15) is 24.4 Å². The quantitative estimate of drug-likeness (QED) is 0.719. The summed E-state index contributed by atoms with van der Waals surface area (Å²) in [5.74, 6) is 0. The Kier molecular flexibility index (Phi) is 4.14. The highest BCUT2D eigenvalue weighted by atomic mass is 32.1. The van der Waals surface area contributed by atoms with E-state index < -0.39 is 0 Å². The number of hydrogen-bond acceptors (Lipinski definition) is 3. The summed E-state index contributed by atoms with van der Waals surface area (Å²) < 4.78 is 0. The SMILES string of the molecule is CN(C)C(=O)Nc1ccc(S)c([C@H]2CCCN2)c1. The maximum atomic E-state index is 11.6. The van der Waals surface area contributed by atoms with Gasteiger partial charge in [-0.25, -0.2) is 4.79 Å². The molecule has 5 heteroatoms. The van der Waals surface area contributed by atoms with Crippen LogP contribution in [-0.4, -0.2) is 31.6 Å². The highest BCUT2D eigenvalue weighted by Crippen LogP contribution is 2.30. The average Bonchev–Trinajstić information content (AvgIpc) is 2.85. The zero-order valence-electron chi connectivity index (χ0n) is 10.7. The smallest absolute Gasteiger partial charge is 0.321 e. The fraction of sp³-hybridized carbons (Fsp3) is 0.462. The molecule has 1 saturated heterocycles. The van der Waals surface area contributed by atoms with Gasteiger partial charge in [0.25, 0.3) is 0 Å². The zero-order valence-corrected chi connectivity index (χ0v) is 11.6. The number of nitrogens with one attached hydrogen (secondary N) is 2. The first-order valence-electron chi connectivity index (χ1n) is 6.12. The highest BCUT2D eigenvalue weighted by molar-refractivity contribution is 7.80. The topological polar surface area (TPSA) is 44.4 Å². The van der Waals surface area contributed by atoms with Crippen molar-refractivity contribution in [3.8, 4) is 0 Å². The van der Waals surface area contributed by atoms with Crippen LogP contribution in [0, 0.1) is 0 Å². The Bertz CT molecular complexity index is 442. The first-order chi connectivity index (χ1) is 8.58. The molecule has 0 radical (unpaired) electrons. The molecule has 4 nitrogen and oxygen atoms in total. The number of nitrogens with zero attached hydrogens (tertiary/aromatic N) is 1. The van der Waals surface area contributed by atoms with Crippen LogP contribution < -0.4 is 10.6 Å². The Labute approximate surface area is 113 Å². The summed E-state index contributed by atoms with van der Waals surface area (Å²) in [6.07, 6.45) is 2.31. The van der Waals surface area contributed by atoms with Gasteiger partial charge in [0.05, 0.1) is 0 Å². The first-order valence-corrected chi connectivity index (χ1v) is 6.57. The molecule has 1 aromatic carbocycles. The molecule has 18 heavy (non-hydrogen) atoms. The van der Waals surface area contributed by atoms with Crippen LogP contribution in [0.4, 0.5) is 10.5 Å². The van der Waals surface area contributed by atoms with E-state index in [0.29, 0.717) is 6.04 Å². The zero-order chi connectivity index (χ0) is 13.1. The van der Waals surface area contributed by atoms with Crippen molar-refractivity contribution < 1.29 is 4.79 Å². The fourth-order valence-corrected chi connectivity index (χ4v) is 2.39. The molecule has 98 valence electrons. The average molecular weight is 265 g/mol. The van der Waals surface area contributed by atoms with Crippen LogP contribution in [0.25, 0.3) is 0 Å². The number of amides is 2. The minimum absolute atomic E-state index is 0.118. The molecular formula is C13H19N3OS. The van der Waals surface area contributed by atoms with Crippen molar-refractivity contribution in [2.24, 2.45) is 0 Å². The third kappa shape index (κ3) is 2.97. The van der Waals surface area contributed by atoms with Gasteiger partial charge in [-0.15, -0.1) is 12.6 Å². The summed E-state index contributed by atoms with van der Waals surface area (Å²) in [5.41, 5.74) is 1.97. The molecular weight excluding hydrogens is 246 g/mol. The third-order valence-electron chi connectivity index (χ3n) is 3.12. The largest absolute Gasteiger partial charge is 0.331 e. The Balaban J connectivity index is 2.18. The van der Waals surface area contributed by atoms with E-state index in [1.807, 2.05) is 18.2 Å². The van der Waals surface area contributed by atoms with Crippen molar-refractivity contribution in [2.75, 3.05) is 26.0 Å². The van der Waals surface area contributed by atoms with Crippen LogP contribution in [0.15, 0.2) is 23.1 Å². The molecule has 1 heterocycles. The van der Waals surface area contributed by atoms with E-state index in [4.69, 9.17) is 0 Å². The van der Waals surface area contributed by atoms with Gasteiger partial charge < -0.3 is 15.5 Å². The van der Waals surface area contributed by atoms with Crippen molar-refractivity contribution in [3.63, 3.8) is 0 Å². The van der Waals surface area contributed by atoms with Gasteiger partial charge in [-0.2, -0.15) is 0 Å². The van der Waals surface area contributed by atoms with Gasteiger partial charge in [0.2, 0.25) is 0 Å². The molecule has 1 fully saturated rings. The van der Waals surface area contributed by atoms with Crippen molar-refractivity contribution in [2.45, 2.75) is 23.8 Å². The summed E-state index contributed by atoms with van der Waals surface area (Å²) in [4.78, 5) is 14.1. The molecule has 0 aliphatic carbocycles. The van der Waals surface area contributed by atoms with E-state index in [1.54, 1.807) is 14.1 Å². The van der Waals surface area contributed by atoms with Crippen LogP contribution in [0.3, 0.4) is 0 Å². The van der Waals surface area contributed by atoms with Crippen molar-refractivity contribution in [3.05, 3.63) is 23.8 Å². The van der Waals surface area contributed by atoms with E-state index >= 15 is 0 Å². The fourth-order valence-electron chi connectivity index (χ4n) is 2.10. The Hall–Kier alpha value is -1.20. The first kappa shape index (κ1) is 13.2. The Morgan fingerprint density at radius 2 is 2.28 bits per heavy atom. The predicted molar refractivity (Wildman–Crippen MR) is 76.4 cm³/mol. The maximum Gasteiger partial charge on any atom is 0.321 e. The van der Waals surface area contributed by atoms with Crippen molar-refractivity contribution in [1.82, 2.24) is 10.2 Å². The van der Waals surface area contributed by atoms with Crippen LogP contribution in [0.2, 0.25) is 0 Å². The van der Waals surface area contributed by atoms with Crippen molar-refractivity contribution in [1.29, 1.82) is 0 Å². The number of benzene rings is 1. The van der Waals surface area contributed by atoms with Crippen LogP contribution in [0.5, 0.6) is 0 Å². The second-order valence-corrected chi connectivity index (χ2v) is 5.23. The summed E-state index contributed by atoms with van der Waals surface area (Å²) in [5, 5.41) is 6.30. The molecule has 1 atom stereocenters. The number of carbonyl (C=O) groups excluding carboxylic acids is 1. The molecule has 0 bridgehead atoms. The summed E-state index contributed by atoms with van der Waals surface area (Å²) in [7, 11) is 3.45. The summed E-state index contributed by atoms with van der Waals surface area (Å²) >= 11 is 4.49. The van der Waals surface area contributed by atoms with Gasteiger partial charge in [0.15, 0.2) is 0 Å². The molecule has 0 unspecified atom stereocenters. The lowest BCUT2D eigenvalue weighted by Gasteiger charge is -2.17. The monoisotopic (exact) mass is 265 g/mol. The van der Waals surface area contributed by atoms with Gasteiger partial charge in [-0.1, -0.05) is 0 Å².